The standard InChI is InChI=1S/C22H21ClFN5O2S/c1-13-20-21(29(27-13)15-5-7-16(31-3)8-6-15)26-22(32-20)28(2)12-19(30)25-11-14-4-9-18(24)17(23)10-14/h4-10H,11-12H2,1-3H3,(H,25,30). The van der Waals surface area contributed by atoms with E-state index in [9.17, 15) is 9.18 Å². The molecule has 0 spiro atoms. The van der Waals surface area contributed by atoms with Gasteiger partial charge in [0.15, 0.2) is 10.8 Å². The first-order valence-corrected chi connectivity index (χ1v) is 11.0. The van der Waals surface area contributed by atoms with E-state index >= 15 is 0 Å². The Bertz CT molecular complexity index is 1270. The summed E-state index contributed by atoms with van der Waals surface area (Å²) in [4.78, 5) is 18.9. The van der Waals surface area contributed by atoms with Crippen molar-refractivity contribution < 1.29 is 13.9 Å². The summed E-state index contributed by atoms with van der Waals surface area (Å²) in [5, 5.41) is 8.16. The zero-order valence-electron chi connectivity index (χ0n) is 17.7. The molecule has 1 amide bonds. The maximum atomic E-state index is 13.3. The van der Waals surface area contributed by atoms with Gasteiger partial charge in [-0.05, 0) is 48.9 Å². The van der Waals surface area contributed by atoms with Crippen LogP contribution < -0.4 is 15.0 Å². The number of hydrogen-bond donors (Lipinski definition) is 1. The van der Waals surface area contributed by atoms with E-state index in [0.29, 0.717) is 5.13 Å². The van der Waals surface area contributed by atoms with Crippen LogP contribution in [0.3, 0.4) is 0 Å². The molecule has 4 rings (SSSR count). The first-order chi connectivity index (χ1) is 15.4. The van der Waals surface area contributed by atoms with Crippen molar-refractivity contribution in [1.29, 1.82) is 0 Å². The summed E-state index contributed by atoms with van der Waals surface area (Å²) < 4.78 is 21.2. The van der Waals surface area contributed by atoms with Gasteiger partial charge in [-0.25, -0.2) is 9.07 Å². The quantitative estimate of drug-likeness (QED) is 0.432. The molecule has 2 aromatic heterocycles. The molecule has 0 unspecified atom stereocenters. The number of halogens is 2. The van der Waals surface area contributed by atoms with Gasteiger partial charge in [0.1, 0.15) is 11.6 Å². The first kappa shape index (κ1) is 22.0. The average Bonchev–Trinajstić information content (AvgIpc) is 3.35. The Morgan fingerprint density at radius 1 is 1.28 bits per heavy atom. The number of aromatic nitrogens is 3. The van der Waals surface area contributed by atoms with Crippen molar-refractivity contribution in [2.24, 2.45) is 0 Å². The number of carbonyl (C=O) groups excluding carboxylic acids is 1. The molecule has 1 N–H and O–H groups in total. The number of fused-ring (bicyclic) bond motifs is 1. The van der Waals surface area contributed by atoms with Crippen LogP contribution in [-0.2, 0) is 11.3 Å². The van der Waals surface area contributed by atoms with Crippen LogP contribution >= 0.6 is 22.9 Å². The topological polar surface area (TPSA) is 72.3 Å². The van der Waals surface area contributed by atoms with Crippen LogP contribution in [-0.4, -0.2) is 41.4 Å². The van der Waals surface area contributed by atoms with E-state index in [1.54, 1.807) is 22.8 Å². The molecule has 10 heteroatoms. The van der Waals surface area contributed by atoms with Gasteiger partial charge in [0.2, 0.25) is 5.91 Å². The number of aryl methyl sites for hydroxylation is 1. The third-order valence-corrected chi connectivity index (χ3v) is 6.43. The van der Waals surface area contributed by atoms with Gasteiger partial charge in [0.25, 0.3) is 0 Å². The number of benzene rings is 2. The maximum absolute atomic E-state index is 13.3. The third-order valence-electron chi connectivity index (χ3n) is 4.88. The lowest BCUT2D eigenvalue weighted by Crippen LogP contribution is -2.34. The Morgan fingerprint density at radius 3 is 2.72 bits per heavy atom. The Kier molecular flexibility index (Phi) is 6.29. The number of hydrogen-bond acceptors (Lipinski definition) is 6. The molecule has 0 aliphatic rings. The number of rotatable bonds is 7. The fourth-order valence-corrected chi connectivity index (χ4v) is 4.33. The van der Waals surface area contributed by atoms with Crippen molar-refractivity contribution >= 4 is 44.3 Å². The maximum Gasteiger partial charge on any atom is 0.239 e. The molecule has 0 fully saturated rings. The molecular formula is C22H21ClFN5O2S. The second-order valence-electron chi connectivity index (χ2n) is 7.23. The van der Waals surface area contributed by atoms with Crippen LogP contribution in [0.5, 0.6) is 5.75 Å². The lowest BCUT2D eigenvalue weighted by atomic mass is 10.2. The smallest absolute Gasteiger partial charge is 0.239 e. The SMILES string of the molecule is COc1ccc(-n2nc(C)c3sc(N(C)CC(=O)NCc4ccc(F)c(Cl)c4)nc32)cc1. The average molecular weight is 474 g/mol. The van der Waals surface area contributed by atoms with Gasteiger partial charge in [-0.1, -0.05) is 29.0 Å². The molecule has 0 aliphatic heterocycles. The highest BCUT2D eigenvalue weighted by Gasteiger charge is 2.18. The lowest BCUT2D eigenvalue weighted by molar-refractivity contribution is -0.119. The van der Waals surface area contributed by atoms with Crippen LogP contribution in [0.1, 0.15) is 11.3 Å². The number of ether oxygens (including phenoxy) is 1. The van der Waals surface area contributed by atoms with E-state index in [2.05, 4.69) is 10.4 Å². The Labute approximate surface area is 193 Å². The van der Waals surface area contributed by atoms with Gasteiger partial charge >= 0.3 is 0 Å². The monoisotopic (exact) mass is 473 g/mol. The summed E-state index contributed by atoms with van der Waals surface area (Å²) in [6, 6.07) is 12.0. The van der Waals surface area contributed by atoms with E-state index in [0.717, 1.165) is 33.0 Å². The van der Waals surface area contributed by atoms with Gasteiger partial charge < -0.3 is 15.0 Å². The number of anilines is 1. The fourth-order valence-electron chi connectivity index (χ4n) is 3.18. The second-order valence-corrected chi connectivity index (χ2v) is 8.61. The van der Waals surface area contributed by atoms with E-state index in [1.807, 2.05) is 38.2 Å². The number of likely N-dealkylation sites (N-methyl/N-ethyl adjacent to an activating group) is 1. The minimum atomic E-state index is -0.485. The lowest BCUT2D eigenvalue weighted by Gasteiger charge is -2.15. The molecule has 0 atom stereocenters. The third kappa shape index (κ3) is 4.53. The predicted molar refractivity (Wildman–Crippen MR) is 125 cm³/mol. The van der Waals surface area contributed by atoms with Gasteiger partial charge in [0.05, 0.1) is 34.8 Å². The highest BCUT2D eigenvalue weighted by molar-refractivity contribution is 7.22. The predicted octanol–water partition coefficient (Wildman–Crippen LogP) is 4.34. The van der Waals surface area contributed by atoms with Crippen molar-refractivity contribution in [3.63, 3.8) is 0 Å². The summed E-state index contributed by atoms with van der Waals surface area (Å²) in [5.74, 6) is 0.100. The molecule has 0 bridgehead atoms. The van der Waals surface area contributed by atoms with Crippen LogP contribution in [0.2, 0.25) is 5.02 Å². The summed E-state index contributed by atoms with van der Waals surface area (Å²) in [5.41, 5.74) is 3.20. The minimum Gasteiger partial charge on any atom is -0.497 e. The number of amides is 1. The summed E-state index contributed by atoms with van der Waals surface area (Å²) in [7, 11) is 3.44. The molecule has 4 aromatic rings. The zero-order valence-corrected chi connectivity index (χ0v) is 19.3. The molecule has 32 heavy (non-hydrogen) atoms. The van der Waals surface area contributed by atoms with Crippen molar-refractivity contribution in [1.82, 2.24) is 20.1 Å². The van der Waals surface area contributed by atoms with Crippen LogP contribution in [0, 0.1) is 12.7 Å². The number of nitrogens with one attached hydrogen (secondary N) is 1. The summed E-state index contributed by atoms with van der Waals surface area (Å²) in [6.45, 7) is 2.32. The van der Waals surface area contributed by atoms with E-state index in [4.69, 9.17) is 21.3 Å². The first-order valence-electron chi connectivity index (χ1n) is 9.78. The number of nitrogens with zero attached hydrogens (tertiary/aromatic N) is 4. The normalized spacial score (nSPS) is 11.0. The van der Waals surface area contributed by atoms with E-state index < -0.39 is 5.82 Å². The molecule has 0 saturated heterocycles. The van der Waals surface area contributed by atoms with Crippen molar-refractivity contribution in [3.05, 3.63) is 64.6 Å². The molecule has 7 nitrogen and oxygen atoms in total. The number of methoxy groups -OCH3 is 1. The van der Waals surface area contributed by atoms with Crippen LogP contribution in [0.25, 0.3) is 16.0 Å². The fraction of sp³-hybridized carbons (Fsp3) is 0.227. The molecule has 0 radical (unpaired) electrons. The Hall–Kier alpha value is -3.17. The van der Waals surface area contributed by atoms with Crippen LogP contribution in [0.4, 0.5) is 9.52 Å². The highest BCUT2D eigenvalue weighted by atomic mass is 35.5. The number of carbonyl (C=O) groups is 1. The molecule has 0 saturated carbocycles. The summed E-state index contributed by atoms with van der Waals surface area (Å²) in [6.07, 6.45) is 0. The largest absolute Gasteiger partial charge is 0.497 e. The van der Waals surface area contributed by atoms with E-state index in [-0.39, 0.29) is 24.0 Å². The Balaban J connectivity index is 1.46. The van der Waals surface area contributed by atoms with Crippen LogP contribution in [0.15, 0.2) is 42.5 Å². The van der Waals surface area contributed by atoms with Gasteiger partial charge in [0, 0.05) is 13.6 Å². The van der Waals surface area contributed by atoms with Gasteiger partial charge in [-0.15, -0.1) is 0 Å². The zero-order chi connectivity index (χ0) is 22.8. The van der Waals surface area contributed by atoms with Crippen molar-refractivity contribution in [3.8, 4) is 11.4 Å². The molecule has 166 valence electrons. The molecular weight excluding hydrogens is 453 g/mol. The molecule has 2 heterocycles. The van der Waals surface area contributed by atoms with Gasteiger partial charge in [-0.3, -0.25) is 4.79 Å². The second kappa shape index (κ2) is 9.13. The van der Waals surface area contributed by atoms with Crippen molar-refractivity contribution in [2.75, 3.05) is 25.6 Å². The minimum absolute atomic E-state index is 0.0321. The number of thiazole rings is 1. The summed E-state index contributed by atoms with van der Waals surface area (Å²) >= 11 is 7.27. The Morgan fingerprint density at radius 2 is 2.03 bits per heavy atom. The highest BCUT2D eigenvalue weighted by Crippen LogP contribution is 2.32. The van der Waals surface area contributed by atoms with Crippen molar-refractivity contribution in [2.45, 2.75) is 13.5 Å². The molecule has 2 aromatic carbocycles. The van der Waals surface area contributed by atoms with Gasteiger partial charge in [-0.2, -0.15) is 10.1 Å². The molecule has 0 aliphatic carbocycles. The van der Waals surface area contributed by atoms with E-state index in [1.165, 1.54) is 23.5 Å².